The molecule has 1 unspecified atom stereocenters. The van der Waals surface area contributed by atoms with Gasteiger partial charge in [0.1, 0.15) is 5.76 Å². The van der Waals surface area contributed by atoms with Crippen LogP contribution in [0.5, 0.6) is 0 Å². The van der Waals surface area contributed by atoms with E-state index in [0.717, 1.165) is 22.4 Å². The van der Waals surface area contributed by atoms with Gasteiger partial charge >= 0.3 is 5.91 Å². The lowest BCUT2D eigenvalue weighted by molar-refractivity contribution is -0.132. The first-order chi connectivity index (χ1) is 19.1. The van der Waals surface area contributed by atoms with Gasteiger partial charge in [0, 0.05) is 36.1 Å². The quantitative estimate of drug-likeness (QED) is 0.0833. The molecular weight excluding hydrogens is 564 g/mol. The number of thioether (sulfide) groups is 1. The van der Waals surface area contributed by atoms with Gasteiger partial charge in [-0.3, -0.25) is 14.5 Å². The lowest BCUT2D eigenvalue weighted by atomic mass is 9.93. The summed E-state index contributed by atoms with van der Waals surface area (Å²) in [6.07, 6.45) is 0. The van der Waals surface area contributed by atoms with Crippen LogP contribution in [0.1, 0.15) is 33.9 Å². The fraction of sp³-hybridized carbons (Fsp3) is 0.200. The molecule has 40 heavy (non-hydrogen) atoms. The van der Waals surface area contributed by atoms with Crippen LogP contribution < -0.4 is 9.80 Å². The van der Waals surface area contributed by atoms with Crippen molar-refractivity contribution >= 4 is 63.0 Å². The zero-order valence-corrected chi connectivity index (χ0v) is 24.8. The molecule has 1 amide bonds. The van der Waals surface area contributed by atoms with E-state index < -0.39 is 17.7 Å². The lowest BCUT2D eigenvalue weighted by Crippen LogP contribution is -2.29. The first-order valence-corrected chi connectivity index (χ1v) is 14.7. The predicted octanol–water partition coefficient (Wildman–Crippen LogP) is 6.79. The van der Waals surface area contributed by atoms with Crippen LogP contribution in [0.4, 0.5) is 10.8 Å². The van der Waals surface area contributed by atoms with Crippen molar-refractivity contribution in [1.29, 1.82) is 0 Å². The Kier molecular flexibility index (Phi) is 7.98. The van der Waals surface area contributed by atoms with E-state index >= 15 is 0 Å². The maximum absolute atomic E-state index is 13.5. The SMILES string of the molecule is Cc1ccc(C)c(/C(O)=C2\C(=O)C(=O)N(c3nnc(SCc4ccc(Cl)cc4)s3)C2c2ccc(N(C)C)cc2)c1. The van der Waals surface area contributed by atoms with Crippen LogP contribution in [0, 0.1) is 13.8 Å². The number of hydrogen-bond donors (Lipinski definition) is 1. The topological polar surface area (TPSA) is 86.6 Å². The Morgan fingerprint density at radius 3 is 2.40 bits per heavy atom. The van der Waals surface area contributed by atoms with E-state index in [9.17, 15) is 14.7 Å². The van der Waals surface area contributed by atoms with Crippen LogP contribution in [-0.4, -0.2) is 41.1 Å². The van der Waals surface area contributed by atoms with Crippen molar-refractivity contribution in [3.05, 3.63) is 105 Å². The molecule has 7 nitrogen and oxygen atoms in total. The van der Waals surface area contributed by atoms with Crippen molar-refractivity contribution in [2.45, 2.75) is 30.0 Å². The average molecular weight is 591 g/mol. The number of rotatable bonds is 7. The second-order valence-electron chi connectivity index (χ2n) is 9.74. The van der Waals surface area contributed by atoms with Gasteiger partial charge < -0.3 is 10.0 Å². The standard InChI is InChI=1S/C30H27ClN4O3S2/c1-17-5-6-18(2)23(15-17)26(36)24-25(20-9-13-22(14-10-20)34(3)4)35(28(38)27(24)37)29-32-33-30(40-29)39-16-19-7-11-21(31)12-8-19/h5-15,25,36H,16H2,1-4H3/b26-24+. The van der Waals surface area contributed by atoms with Crippen molar-refractivity contribution in [2.75, 3.05) is 23.9 Å². The molecule has 1 aromatic heterocycles. The molecule has 3 aromatic carbocycles. The summed E-state index contributed by atoms with van der Waals surface area (Å²) >= 11 is 8.71. The fourth-order valence-corrected chi connectivity index (χ4v) is 6.47. The van der Waals surface area contributed by atoms with Gasteiger partial charge in [0.05, 0.1) is 11.6 Å². The third-order valence-corrected chi connectivity index (χ3v) is 9.07. The van der Waals surface area contributed by atoms with Crippen LogP contribution >= 0.6 is 34.7 Å². The molecule has 4 aromatic rings. The van der Waals surface area contributed by atoms with Gasteiger partial charge in [-0.1, -0.05) is 76.7 Å². The minimum Gasteiger partial charge on any atom is -0.507 e. The molecule has 204 valence electrons. The van der Waals surface area contributed by atoms with Crippen LogP contribution in [0.15, 0.2) is 76.6 Å². The number of anilines is 2. The Balaban J connectivity index is 1.56. The zero-order valence-electron chi connectivity index (χ0n) is 22.4. The van der Waals surface area contributed by atoms with Gasteiger partial charge in [-0.05, 0) is 60.9 Å². The van der Waals surface area contributed by atoms with Crippen molar-refractivity contribution in [1.82, 2.24) is 10.2 Å². The molecule has 0 bridgehead atoms. The predicted molar refractivity (Wildman–Crippen MR) is 162 cm³/mol. The van der Waals surface area contributed by atoms with Gasteiger partial charge in [-0.2, -0.15) is 0 Å². The van der Waals surface area contributed by atoms with Gasteiger partial charge in [0.15, 0.2) is 4.34 Å². The Hall–Kier alpha value is -3.66. The number of ketones is 1. The van der Waals surface area contributed by atoms with Crippen LogP contribution in [-0.2, 0) is 15.3 Å². The molecule has 5 rings (SSSR count). The number of amides is 1. The lowest BCUT2D eigenvalue weighted by Gasteiger charge is -2.23. The Bertz CT molecular complexity index is 1610. The minimum atomic E-state index is -0.863. The Labute approximate surface area is 246 Å². The van der Waals surface area contributed by atoms with E-state index in [1.165, 1.54) is 28.0 Å². The number of carbonyl (C=O) groups excluding carboxylic acids is 2. The third kappa shape index (κ3) is 5.50. The first-order valence-electron chi connectivity index (χ1n) is 12.5. The number of Topliss-reactive ketones (excluding diaryl/α,β-unsaturated/α-hetero) is 1. The maximum atomic E-state index is 13.5. The number of hydrogen-bond acceptors (Lipinski definition) is 8. The molecule has 1 N–H and O–H groups in total. The number of aromatic nitrogens is 2. The summed E-state index contributed by atoms with van der Waals surface area (Å²) in [4.78, 5) is 30.4. The molecule has 0 saturated carbocycles. The highest BCUT2D eigenvalue weighted by atomic mass is 35.5. The van der Waals surface area contributed by atoms with Gasteiger partial charge in [0.25, 0.3) is 5.78 Å². The molecule has 2 heterocycles. The molecule has 1 fully saturated rings. The average Bonchev–Trinajstić information content (AvgIpc) is 3.51. The summed E-state index contributed by atoms with van der Waals surface area (Å²) in [7, 11) is 3.87. The van der Waals surface area contributed by atoms with E-state index in [-0.39, 0.29) is 11.3 Å². The summed E-state index contributed by atoms with van der Waals surface area (Å²) < 4.78 is 0.656. The Morgan fingerprint density at radius 2 is 1.73 bits per heavy atom. The highest BCUT2D eigenvalue weighted by molar-refractivity contribution is 8.00. The summed E-state index contributed by atoms with van der Waals surface area (Å²) in [6.45, 7) is 3.77. The van der Waals surface area contributed by atoms with Crippen LogP contribution in [0.2, 0.25) is 5.02 Å². The number of halogens is 1. The summed E-state index contributed by atoms with van der Waals surface area (Å²) in [6, 6.07) is 19.9. The van der Waals surface area contributed by atoms with Crippen LogP contribution in [0.3, 0.4) is 0 Å². The Morgan fingerprint density at radius 1 is 1.02 bits per heavy atom. The molecule has 10 heteroatoms. The molecular formula is C30H27ClN4O3S2. The third-order valence-electron chi connectivity index (χ3n) is 6.70. The minimum absolute atomic E-state index is 0.0295. The number of benzene rings is 3. The number of aliphatic hydroxyl groups excluding tert-OH is 1. The summed E-state index contributed by atoms with van der Waals surface area (Å²) in [5.74, 6) is -1.07. The maximum Gasteiger partial charge on any atom is 0.301 e. The van der Waals surface area contributed by atoms with E-state index in [1.54, 1.807) is 0 Å². The molecule has 1 atom stereocenters. The number of nitrogens with zero attached hydrogens (tertiary/aromatic N) is 4. The second kappa shape index (κ2) is 11.4. The van der Waals surface area contributed by atoms with Gasteiger partial charge in [-0.15, -0.1) is 10.2 Å². The van der Waals surface area contributed by atoms with Crippen molar-refractivity contribution in [2.24, 2.45) is 0 Å². The molecule has 1 saturated heterocycles. The van der Waals surface area contributed by atoms with Gasteiger partial charge in [0.2, 0.25) is 5.13 Å². The monoisotopic (exact) mass is 590 g/mol. The molecule has 0 radical (unpaired) electrons. The fourth-order valence-electron chi connectivity index (χ4n) is 4.52. The summed E-state index contributed by atoms with van der Waals surface area (Å²) in [5.41, 5.74) is 4.99. The molecule has 0 spiro atoms. The van der Waals surface area contributed by atoms with E-state index in [1.807, 2.05) is 99.6 Å². The zero-order chi connectivity index (χ0) is 28.6. The van der Waals surface area contributed by atoms with Crippen molar-refractivity contribution < 1.29 is 14.7 Å². The van der Waals surface area contributed by atoms with Crippen molar-refractivity contribution in [3.8, 4) is 0 Å². The van der Waals surface area contributed by atoms with Gasteiger partial charge in [-0.25, -0.2) is 0 Å². The normalized spacial score (nSPS) is 16.5. The second-order valence-corrected chi connectivity index (χ2v) is 12.4. The first kappa shape index (κ1) is 27.9. The molecule has 1 aliphatic heterocycles. The summed E-state index contributed by atoms with van der Waals surface area (Å²) in [5, 5.41) is 21.1. The highest BCUT2D eigenvalue weighted by Gasteiger charge is 2.48. The molecule has 1 aliphatic rings. The smallest absolute Gasteiger partial charge is 0.301 e. The van der Waals surface area contributed by atoms with E-state index in [0.29, 0.717) is 31.4 Å². The van der Waals surface area contributed by atoms with E-state index in [2.05, 4.69) is 10.2 Å². The van der Waals surface area contributed by atoms with E-state index in [4.69, 9.17) is 11.6 Å². The highest BCUT2D eigenvalue weighted by Crippen LogP contribution is 2.44. The number of aryl methyl sites for hydroxylation is 2. The number of aliphatic hydroxyl groups is 1. The van der Waals surface area contributed by atoms with Crippen LogP contribution in [0.25, 0.3) is 5.76 Å². The van der Waals surface area contributed by atoms with Crippen molar-refractivity contribution in [3.63, 3.8) is 0 Å². The molecule has 0 aliphatic carbocycles. The number of carbonyl (C=O) groups is 2. The largest absolute Gasteiger partial charge is 0.507 e.